The van der Waals surface area contributed by atoms with Crippen LogP contribution >= 0.6 is 0 Å². The van der Waals surface area contributed by atoms with E-state index in [9.17, 15) is 0 Å². The quantitative estimate of drug-likeness (QED) is 0.455. The van der Waals surface area contributed by atoms with Crippen molar-refractivity contribution in [2.45, 2.75) is 79.8 Å². The van der Waals surface area contributed by atoms with E-state index in [2.05, 4.69) is 0 Å². The van der Waals surface area contributed by atoms with Crippen LogP contribution in [0.15, 0.2) is 0 Å². The van der Waals surface area contributed by atoms with Gasteiger partial charge in [0.25, 0.3) is 0 Å². The summed E-state index contributed by atoms with van der Waals surface area (Å²) in [4.78, 5) is 0. The van der Waals surface area contributed by atoms with E-state index in [1.807, 2.05) is 0 Å². The van der Waals surface area contributed by atoms with Gasteiger partial charge >= 0.3 is 0 Å². The minimum atomic E-state index is -0.167. The number of aliphatic hydroxyl groups is 4. The first-order chi connectivity index (χ1) is 6.93. The first-order valence-electron chi connectivity index (χ1n) is 5.65. The van der Waals surface area contributed by atoms with Crippen molar-refractivity contribution in [2.24, 2.45) is 0 Å². The third-order valence-electron chi connectivity index (χ3n) is 0. The van der Waals surface area contributed by atoms with Crippen LogP contribution in [0, 0.1) is 0 Å². The molecule has 0 aliphatic rings. The zero-order valence-corrected chi connectivity index (χ0v) is 17.5. The van der Waals surface area contributed by atoms with E-state index < -0.39 is 0 Å². The average molecular weight is 407 g/mol. The van der Waals surface area contributed by atoms with E-state index in [0.29, 0.717) is 0 Å². The van der Waals surface area contributed by atoms with Gasteiger partial charge in [-0.2, -0.15) is 0 Å². The van der Waals surface area contributed by atoms with Gasteiger partial charge < -0.3 is 20.4 Å². The molecule has 0 aromatic rings. The van der Waals surface area contributed by atoms with Crippen LogP contribution in [-0.4, -0.2) is 68.7 Å². The summed E-state index contributed by atoms with van der Waals surface area (Å²) in [5, 5.41) is 32.2. The molecule has 0 unspecified atom stereocenters. The van der Waals surface area contributed by atoms with Crippen molar-refractivity contribution in [1.82, 2.24) is 0 Å². The molecule has 0 fully saturated rings. The Balaban J connectivity index is -0.0000000257. The minimum Gasteiger partial charge on any atom is -0.394 e. The van der Waals surface area contributed by atoms with Gasteiger partial charge in [-0.3, -0.25) is 0 Å². The third kappa shape index (κ3) is 2540. The maximum absolute atomic E-state index is 8.06. The molecule has 0 aliphatic carbocycles. The number of rotatable bonds is 0. The van der Waals surface area contributed by atoms with E-state index in [0.717, 1.165) is 0 Å². The Hall–Kier alpha value is 1.35. The molecule has 18 heavy (non-hydrogen) atoms. The maximum atomic E-state index is 8.06. The van der Waals surface area contributed by atoms with E-state index in [-0.39, 0.29) is 70.0 Å². The summed E-state index contributed by atoms with van der Waals surface area (Å²) in [6.07, 6.45) is -0.667. The average Bonchev–Trinajstić information content (AvgIpc) is 1.76. The molecule has 4 nitrogen and oxygen atoms in total. The van der Waals surface area contributed by atoms with Gasteiger partial charge in [-0.1, -0.05) is 0 Å². The largest absolute Gasteiger partial charge is 0.394 e. The van der Waals surface area contributed by atoms with E-state index in [1.165, 1.54) is 0 Å². The predicted molar refractivity (Wildman–Crippen MR) is 75.2 cm³/mol. The monoisotopic (exact) mass is 408 g/mol. The molecule has 0 bridgehead atoms. The summed E-state index contributed by atoms with van der Waals surface area (Å²) in [5.74, 6) is 0. The van der Waals surface area contributed by atoms with Gasteiger partial charge in [0.15, 0.2) is 0 Å². The maximum Gasteiger partial charge on any atom is 0.0483 e. The van der Waals surface area contributed by atoms with Crippen LogP contribution in [0.5, 0.6) is 0 Å². The van der Waals surface area contributed by atoms with Crippen LogP contribution in [0.2, 0.25) is 0 Å². The zero-order chi connectivity index (χ0) is 14.3. The van der Waals surface area contributed by atoms with Gasteiger partial charge in [-0.05, 0) is 55.4 Å². The minimum absolute atomic E-state index is 0. The van der Waals surface area contributed by atoms with Gasteiger partial charge in [0, 0.05) is 70.0 Å². The number of hydrogen-bond donors (Lipinski definition) is 4. The van der Waals surface area contributed by atoms with Crippen molar-refractivity contribution in [3.63, 3.8) is 0 Å². The smallest absolute Gasteiger partial charge is 0.0483 e. The molecule has 6 heteroatoms. The fraction of sp³-hybridized carbons (Fsp3) is 1.00. The fourth-order valence-electron chi connectivity index (χ4n) is 0. The molecule has 0 atom stereocenters. The first-order valence-corrected chi connectivity index (χ1v) is 5.65. The van der Waals surface area contributed by atoms with Crippen molar-refractivity contribution in [2.75, 3.05) is 0 Å². The molecule has 0 spiro atoms. The number of hydrogen-bond acceptors (Lipinski definition) is 4. The molecular formula is C12H32O4SnTi. The Morgan fingerprint density at radius 2 is 0.444 bits per heavy atom. The normalized spacial score (nSPS) is 8.00. The van der Waals surface area contributed by atoms with Gasteiger partial charge in [0.1, 0.15) is 0 Å². The molecular weight excluding hydrogens is 375 g/mol. The summed E-state index contributed by atoms with van der Waals surface area (Å²) < 4.78 is 0. The summed E-state index contributed by atoms with van der Waals surface area (Å²) in [6.45, 7) is 13.8. The topological polar surface area (TPSA) is 80.9 Å². The molecule has 0 aromatic heterocycles. The van der Waals surface area contributed by atoms with Crippen LogP contribution in [0.4, 0.5) is 0 Å². The predicted octanol–water partition coefficient (Wildman–Crippen LogP) is 1.17. The third-order valence-corrected chi connectivity index (χ3v) is 0. The van der Waals surface area contributed by atoms with Crippen molar-refractivity contribution < 1.29 is 42.1 Å². The van der Waals surface area contributed by atoms with E-state index >= 15 is 0 Å². The summed E-state index contributed by atoms with van der Waals surface area (Å²) in [7, 11) is 0. The molecule has 0 saturated carbocycles. The van der Waals surface area contributed by atoms with Crippen molar-refractivity contribution in [3.05, 3.63) is 0 Å². The zero-order valence-electron chi connectivity index (χ0n) is 13.1. The molecule has 112 valence electrons. The van der Waals surface area contributed by atoms with Gasteiger partial charge in [0.2, 0.25) is 0 Å². The van der Waals surface area contributed by atoms with Gasteiger partial charge in [-0.25, -0.2) is 0 Å². The molecule has 0 amide bonds. The Labute approximate surface area is 145 Å². The van der Waals surface area contributed by atoms with Gasteiger partial charge in [0.05, 0.1) is 0 Å². The Morgan fingerprint density at radius 3 is 0.444 bits per heavy atom. The van der Waals surface area contributed by atoms with Crippen molar-refractivity contribution in [1.29, 1.82) is 0 Å². The summed E-state index contributed by atoms with van der Waals surface area (Å²) in [6, 6.07) is 0. The van der Waals surface area contributed by atoms with Crippen LogP contribution in [0.3, 0.4) is 0 Å². The van der Waals surface area contributed by atoms with Crippen molar-refractivity contribution in [3.8, 4) is 0 Å². The summed E-state index contributed by atoms with van der Waals surface area (Å²) >= 11 is 0. The van der Waals surface area contributed by atoms with E-state index in [4.69, 9.17) is 20.4 Å². The second kappa shape index (κ2) is 31.0. The Morgan fingerprint density at radius 1 is 0.444 bits per heavy atom. The second-order valence-electron chi connectivity index (χ2n) is 4.37. The molecule has 4 N–H and O–H groups in total. The van der Waals surface area contributed by atoms with Crippen LogP contribution in [0.25, 0.3) is 0 Å². The standard InChI is InChI=1S/4C3H8O.Sn.Ti/c4*1-3(2)4;;/h4*3-4H,1-2H3;;. The van der Waals surface area contributed by atoms with Crippen LogP contribution in [0.1, 0.15) is 55.4 Å². The molecule has 0 aromatic carbocycles. The van der Waals surface area contributed by atoms with Gasteiger partial charge in [-0.15, -0.1) is 0 Å². The molecule has 4 radical (unpaired) electrons. The Kier molecular flexibility index (Phi) is 63.0. The van der Waals surface area contributed by atoms with Crippen LogP contribution in [-0.2, 0) is 21.7 Å². The second-order valence-corrected chi connectivity index (χ2v) is 4.37. The Bertz CT molecular complexity index is 67.1. The SMILES string of the molecule is CC(C)O.CC(C)O.CC(C)O.CC(C)O.[Sn].[Ti]. The fourth-order valence-corrected chi connectivity index (χ4v) is 0. The number of aliphatic hydroxyl groups excluding tert-OH is 4. The molecule has 0 aliphatic heterocycles. The molecule has 0 heterocycles. The van der Waals surface area contributed by atoms with E-state index in [1.54, 1.807) is 55.4 Å². The molecule has 0 saturated heterocycles. The van der Waals surface area contributed by atoms with Crippen molar-refractivity contribution >= 4 is 23.9 Å². The summed E-state index contributed by atoms with van der Waals surface area (Å²) in [5.41, 5.74) is 0. The van der Waals surface area contributed by atoms with Crippen LogP contribution < -0.4 is 0 Å². The first kappa shape index (κ1) is 36.6. The molecule has 0 rings (SSSR count).